The number of para-hydroxylation sites is 1. The van der Waals surface area contributed by atoms with E-state index < -0.39 is 10.0 Å². The number of anilines is 1. The van der Waals surface area contributed by atoms with Gasteiger partial charge in [0.25, 0.3) is 10.0 Å². The van der Waals surface area contributed by atoms with Crippen LogP contribution in [0.25, 0.3) is 0 Å². The first kappa shape index (κ1) is 21.3. The van der Waals surface area contributed by atoms with Gasteiger partial charge in [0.15, 0.2) is 0 Å². The Labute approximate surface area is 175 Å². The minimum absolute atomic E-state index is 0.0784. The first-order valence-electron chi connectivity index (χ1n) is 9.17. The summed E-state index contributed by atoms with van der Waals surface area (Å²) < 4.78 is 27.5. The Kier molecular flexibility index (Phi) is 6.77. The maximum Gasteiger partial charge on any atom is 0.252 e. The molecule has 152 valence electrons. The van der Waals surface area contributed by atoms with E-state index in [2.05, 4.69) is 12.2 Å². The third kappa shape index (κ3) is 4.75. The third-order valence-electron chi connectivity index (χ3n) is 4.85. The Morgan fingerprint density at radius 3 is 2.50 bits per heavy atom. The summed E-state index contributed by atoms with van der Waals surface area (Å²) in [4.78, 5) is 14.5. The van der Waals surface area contributed by atoms with E-state index in [-0.39, 0.29) is 16.7 Å². The number of halogens is 1. The second kappa shape index (κ2) is 8.92. The Morgan fingerprint density at radius 2 is 1.89 bits per heavy atom. The summed E-state index contributed by atoms with van der Waals surface area (Å²) in [5, 5.41) is 3.02. The van der Waals surface area contributed by atoms with Gasteiger partial charge in [0.2, 0.25) is 5.91 Å². The number of amides is 1. The summed E-state index contributed by atoms with van der Waals surface area (Å²) in [5.41, 5.74) is 3.03. The van der Waals surface area contributed by atoms with Crippen LogP contribution in [-0.2, 0) is 21.2 Å². The summed E-state index contributed by atoms with van der Waals surface area (Å²) in [7, 11) is -3.52. The molecule has 1 aliphatic rings. The van der Waals surface area contributed by atoms with Crippen molar-refractivity contribution in [3.8, 4) is 0 Å². The van der Waals surface area contributed by atoms with Crippen molar-refractivity contribution in [3.05, 3.63) is 45.8 Å². The third-order valence-corrected chi connectivity index (χ3v) is 8.44. The number of hydrogen-bond acceptors (Lipinski definition) is 5. The molecule has 2 aromatic rings. The monoisotopic (exact) mass is 441 g/mol. The Balaban J connectivity index is 1.57. The summed E-state index contributed by atoms with van der Waals surface area (Å²) in [6, 6.07) is 9.12. The van der Waals surface area contributed by atoms with Crippen LogP contribution in [0.2, 0.25) is 4.34 Å². The molecule has 1 saturated heterocycles. The summed E-state index contributed by atoms with van der Waals surface area (Å²) in [6.07, 6.45) is 0.848. The van der Waals surface area contributed by atoms with E-state index >= 15 is 0 Å². The number of carbonyl (C=O) groups excluding carboxylic acids is 1. The molecule has 1 aromatic carbocycles. The van der Waals surface area contributed by atoms with Crippen molar-refractivity contribution in [3.63, 3.8) is 0 Å². The molecule has 0 aliphatic carbocycles. The van der Waals surface area contributed by atoms with Crippen LogP contribution in [0.15, 0.2) is 34.5 Å². The van der Waals surface area contributed by atoms with Gasteiger partial charge in [0, 0.05) is 31.9 Å². The molecule has 1 amide bonds. The summed E-state index contributed by atoms with van der Waals surface area (Å²) >= 11 is 6.93. The molecule has 0 spiro atoms. The van der Waals surface area contributed by atoms with Crippen LogP contribution in [-0.4, -0.2) is 56.3 Å². The lowest BCUT2D eigenvalue weighted by Crippen LogP contribution is -2.50. The molecular formula is C19H24ClN3O3S2. The fourth-order valence-electron chi connectivity index (χ4n) is 3.28. The van der Waals surface area contributed by atoms with E-state index in [0.29, 0.717) is 30.5 Å². The maximum atomic E-state index is 12.7. The number of hydrogen-bond donors (Lipinski definition) is 1. The van der Waals surface area contributed by atoms with E-state index in [0.717, 1.165) is 34.6 Å². The molecule has 0 radical (unpaired) electrons. The van der Waals surface area contributed by atoms with E-state index in [1.807, 2.05) is 30.0 Å². The van der Waals surface area contributed by atoms with E-state index in [1.54, 1.807) is 6.07 Å². The summed E-state index contributed by atoms with van der Waals surface area (Å²) in [5.74, 6) is -0.0784. The average Bonchev–Trinajstić information content (AvgIpc) is 3.11. The van der Waals surface area contributed by atoms with Crippen molar-refractivity contribution in [2.45, 2.75) is 24.5 Å². The van der Waals surface area contributed by atoms with Crippen LogP contribution in [0, 0.1) is 6.92 Å². The van der Waals surface area contributed by atoms with Crippen LogP contribution in [0.4, 0.5) is 5.69 Å². The lowest BCUT2D eigenvalue weighted by atomic mass is 10.1. The first-order chi connectivity index (χ1) is 13.3. The zero-order valence-electron chi connectivity index (χ0n) is 15.9. The van der Waals surface area contributed by atoms with Crippen molar-refractivity contribution in [1.29, 1.82) is 0 Å². The molecule has 0 atom stereocenters. The maximum absolute atomic E-state index is 12.7. The van der Waals surface area contributed by atoms with E-state index in [1.165, 1.54) is 10.4 Å². The van der Waals surface area contributed by atoms with Crippen molar-refractivity contribution in [2.24, 2.45) is 0 Å². The van der Waals surface area contributed by atoms with Gasteiger partial charge in [0.05, 0.1) is 10.9 Å². The van der Waals surface area contributed by atoms with Gasteiger partial charge in [-0.25, -0.2) is 8.42 Å². The quantitative estimate of drug-likeness (QED) is 0.747. The van der Waals surface area contributed by atoms with Gasteiger partial charge < -0.3 is 5.32 Å². The second-order valence-electron chi connectivity index (χ2n) is 6.75. The number of sulfonamides is 1. The van der Waals surface area contributed by atoms with Gasteiger partial charge in [-0.3, -0.25) is 9.69 Å². The highest BCUT2D eigenvalue weighted by Crippen LogP contribution is 2.28. The predicted molar refractivity (Wildman–Crippen MR) is 114 cm³/mol. The highest BCUT2D eigenvalue weighted by atomic mass is 35.5. The second-order valence-corrected chi connectivity index (χ2v) is 10.6. The van der Waals surface area contributed by atoms with Crippen molar-refractivity contribution < 1.29 is 13.2 Å². The molecule has 3 rings (SSSR count). The van der Waals surface area contributed by atoms with Gasteiger partial charge in [-0.15, -0.1) is 11.3 Å². The molecule has 0 saturated carbocycles. The van der Waals surface area contributed by atoms with E-state index in [9.17, 15) is 13.2 Å². The smallest absolute Gasteiger partial charge is 0.252 e. The lowest BCUT2D eigenvalue weighted by molar-refractivity contribution is -0.117. The molecule has 1 fully saturated rings. The van der Waals surface area contributed by atoms with Crippen LogP contribution in [0.3, 0.4) is 0 Å². The first-order valence-corrected chi connectivity index (χ1v) is 11.8. The Hall–Kier alpha value is -1.45. The molecule has 6 nitrogen and oxygen atoms in total. The minimum atomic E-state index is -3.52. The number of piperazine rings is 1. The number of carbonyl (C=O) groups is 1. The summed E-state index contributed by atoms with van der Waals surface area (Å²) in [6.45, 7) is 6.03. The number of aryl methyl sites for hydroxylation is 2. The Morgan fingerprint density at radius 1 is 1.18 bits per heavy atom. The molecule has 28 heavy (non-hydrogen) atoms. The number of benzene rings is 1. The molecule has 1 N–H and O–H groups in total. The fourth-order valence-corrected chi connectivity index (χ4v) is 6.33. The number of nitrogens with one attached hydrogen (secondary N) is 1. The van der Waals surface area contributed by atoms with Gasteiger partial charge >= 0.3 is 0 Å². The van der Waals surface area contributed by atoms with Gasteiger partial charge in [-0.2, -0.15) is 4.31 Å². The molecular weight excluding hydrogens is 418 g/mol. The number of thiophene rings is 1. The van der Waals surface area contributed by atoms with Gasteiger partial charge in [0.1, 0.15) is 4.21 Å². The lowest BCUT2D eigenvalue weighted by Gasteiger charge is -2.33. The standard InChI is InChI=1S/C19H24ClN3O3S2/c1-3-15-6-4-5-14(2)19(15)21-17(24)13-22-9-11-23(12-10-22)28(25,26)18-8-7-16(20)27-18/h4-8H,3,9-13H2,1-2H3,(H,21,24). The molecule has 2 heterocycles. The average molecular weight is 442 g/mol. The largest absolute Gasteiger partial charge is 0.324 e. The number of rotatable bonds is 6. The predicted octanol–water partition coefficient (Wildman–Crippen LogP) is 3.22. The Bertz CT molecular complexity index is 951. The van der Waals surface area contributed by atoms with E-state index in [4.69, 9.17) is 11.6 Å². The van der Waals surface area contributed by atoms with Gasteiger partial charge in [-0.1, -0.05) is 36.7 Å². The highest BCUT2D eigenvalue weighted by Gasteiger charge is 2.30. The molecule has 0 bridgehead atoms. The fraction of sp³-hybridized carbons (Fsp3) is 0.421. The zero-order valence-corrected chi connectivity index (χ0v) is 18.3. The zero-order chi connectivity index (χ0) is 20.3. The van der Waals surface area contributed by atoms with Crippen LogP contribution >= 0.6 is 22.9 Å². The van der Waals surface area contributed by atoms with Crippen LogP contribution in [0.1, 0.15) is 18.1 Å². The molecule has 0 unspecified atom stereocenters. The molecule has 9 heteroatoms. The minimum Gasteiger partial charge on any atom is -0.324 e. The van der Waals surface area contributed by atoms with Crippen LogP contribution in [0.5, 0.6) is 0 Å². The molecule has 1 aliphatic heterocycles. The van der Waals surface area contributed by atoms with Crippen molar-refractivity contribution >= 4 is 44.6 Å². The highest BCUT2D eigenvalue weighted by molar-refractivity contribution is 7.91. The normalized spacial score (nSPS) is 16.2. The topological polar surface area (TPSA) is 69.7 Å². The number of nitrogens with zero attached hydrogens (tertiary/aromatic N) is 2. The van der Waals surface area contributed by atoms with Gasteiger partial charge in [-0.05, 0) is 36.6 Å². The van der Waals surface area contributed by atoms with Crippen molar-refractivity contribution in [1.82, 2.24) is 9.21 Å². The van der Waals surface area contributed by atoms with Crippen LogP contribution < -0.4 is 5.32 Å². The molecule has 1 aromatic heterocycles. The van der Waals surface area contributed by atoms with Crippen molar-refractivity contribution in [2.75, 3.05) is 38.0 Å². The SMILES string of the molecule is CCc1cccc(C)c1NC(=O)CN1CCN(S(=O)(=O)c2ccc(Cl)s2)CC1.